The minimum atomic E-state index is -2.83. The van der Waals surface area contributed by atoms with Gasteiger partial charge in [0.25, 0.3) is 5.92 Å². The predicted molar refractivity (Wildman–Crippen MR) is 78.1 cm³/mol. The van der Waals surface area contributed by atoms with Gasteiger partial charge in [0.2, 0.25) is 0 Å². The maximum Gasteiger partial charge on any atom is 0.285 e. The molecular weight excluding hydrogens is 256 g/mol. The number of aryl methyl sites for hydroxylation is 1. The maximum absolute atomic E-state index is 13.9. The highest BCUT2D eigenvalue weighted by molar-refractivity contribution is 5.25. The Kier molecular flexibility index (Phi) is 4.85. The van der Waals surface area contributed by atoms with Crippen LogP contribution in [0.25, 0.3) is 0 Å². The van der Waals surface area contributed by atoms with Gasteiger partial charge in [-0.1, -0.05) is 54.6 Å². The highest BCUT2D eigenvalue weighted by Gasteiger charge is 2.30. The van der Waals surface area contributed by atoms with Crippen molar-refractivity contribution < 1.29 is 8.78 Å². The molecule has 0 radical (unpaired) electrons. The normalized spacial score (nSPS) is 11.6. The van der Waals surface area contributed by atoms with Crippen molar-refractivity contribution in [3.05, 3.63) is 71.3 Å². The van der Waals surface area contributed by atoms with Crippen molar-refractivity contribution in [2.75, 3.05) is 13.1 Å². The van der Waals surface area contributed by atoms with Crippen LogP contribution in [0, 0.1) is 6.92 Å². The Morgan fingerprint density at radius 1 is 0.950 bits per heavy atom. The molecule has 2 aromatic carbocycles. The van der Waals surface area contributed by atoms with Crippen LogP contribution in [0.1, 0.15) is 16.7 Å². The van der Waals surface area contributed by atoms with Crippen LogP contribution in [0.3, 0.4) is 0 Å². The first-order chi connectivity index (χ1) is 9.59. The van der Waals surface area contributed by atoms with Crippen LogP contribution < -0.4 is 5.32 Å². The molecule has 0 aliphatic rings. The molecule has 1 nitrogen and oxygen atoms in total. The highest BCUT2D eigenvalue weighted by atomic mass is 19.3. The Balaban J connectivity index is 1.83. The number of halogens is 2. The van der Waals surface area contributed by atoms with Crippen LogP contribution in [0.4, 0.5) is 8.78 Å². The van der Waals surface area contributed by atoms with E-state index in [1.54, 1.807) is 18.2 Å². The van der Waals surface area contributed by atoms with E-state index in [4.69, 9.17) is 0 Å². The van der Waals surface area contributed by atoms with E-state index in [1.165, 1.54) is 23.3 Å². The first-order valence-corrected chi connectivity index (χ1v) is 6.78. The molecule has 0 aliphatic carbocycles. The van der Waals surface area contributed by atoms with Gasteiger partial charge in [0.15, 0.2) is 0 Å². The fourth-order valence-corrected chi connectivity index (χ4v) is 2.14. The van der Waals surface area contributed by atoms with Gasteiger partial charge in [-0.05, 0) is 31.0 Å². The van der Waals surface area contributed by atoms with Crippen LogP contribution in [0.2, 0.25) is 0 Å². The van der Waals surface area contributed by atoms with Gasteiger partial charge in [0.1, 0.15) is 0 Å². The zero-order chi connectivity index (χ0) is 14.4. The monoisotopic (exact) mass is 275 g/mol. The average Bonchev–Trinajstić information content (AvgIpc) is 2.46. The van der Waals surface area contributed by atoms with Gasteiger partial charge < -0.3 is 5.32 Å². The van der Waals surface area contributed by atoms with Crippen molar-refractivity contribution >= 4 is 0 Å². The molecule has 0 atom stereocenters. The van der Waals surface area contributed by atoms with Crippen LogP contribution >= 0.6 is 0 Å². The van der Waals surface area contributed by atoms with Crippen molar-refractivity contribution in [2.45, 2.75) is 19.3 Å². The summed E-state index contributed by atoms with van der Waals surface area (Å²) in [5, 5.41) is 2.85. The summed E-state index contributed by atoms with van der Waals surface area (Å²) in [7, 11) is 0. The van der Waals surface area contributed by atoms with Gasteiger partial charge >= 0.3 is 0 Å². The Labute approximate surface area is 118 Å². The quantitative estimate of drug-likeness (QED) is 0.788. The molecule has 0 saturated heterocycles. The third-order valence-corrected chi connectivity index (χ3v) is 3.38. The van der Waals surface area contributed by atoms with E-state index in [1.807, 2.05) is 31.2 Å². The molecule has 2 aromatic rings. The number of alkyl halides is 2. The number of hydrogen-bond donors (Lipinski definition) is 1. The molecule has 3 heteroatoms. The summed E-state index contributed by atoms with van der Waals surface area (Å²) in [6, 6.07) is 16.0. The van der Waals surface area contributed by atoms with Gasteiger partial charge in [-0.2, -0.15) is 8.78 Å². The highest BCUT2D eigenvalue weighted by Crippen LogP contribution is 2.26. The van der Waals surface area contributed by atoms with Gasteiger partial charge in [-0.25, -0.2) is 0 Å². The van der Waals surface area contributed by atoms with Crippen molar-refractivity contribution in [3.8, 4) is 0 Å². The Hall–Kier alpha value is -1.74. The maximum atomic E-state index is 13.9. The number of nitrogens with one attached hydrogen (secondary N) is 1. The minimum absolute atomic E-state index is 0.0587. The zero-order valence-electron chi connectivity index (χ0n) is 11.6. The molecule has 0 spiro atoms. The van der Waals surface area contributed by atoms with E-state index in [2.05, 4.69) is 5.32 Å². The molecule has 106 valence electrons. The molecule has 0 heterocycles. The minimum Gasteiger partial charge on any atom is -0.311 e. The lowest BCUT2D eigenvalue weighted by Crippen LogP contribution is -2.32. The third-order valence-electron chi connectivity index (χ3n) is 3.38. The van der Waals surface area contributed by atoms with Crippen LogP contribution in [-0.4, -0.2) is 13.1 Å². The van der Waals surface area contributed by atoms with Crippen LogP contribution in [0.15, 0.2) is 54.6 Å². The second-order valence-electron chi connectivity index (χ2n) is 4.92. The smallest absolute Gasteiger partial charge is 0.285 e. The average molecular weight is 275 g/mol. The van der Waals surface area contributed by atoms with E-state index < -0.39 is 5.92 Å². The van der Waals surface area contributed by atoms with Gasteiger partial charge in [0.05, 0.1) is 6.54 Å². The fraction of sp³-hybridized carbons (Fsp3) is 0.294. The first kappa shape index (κ1) is 14.7. The molecule has 0 amide bonds. The summed E-state index contributed by atoms with van der Waals surface area (Å²) < 4.78 is 27.8. The summed E-state index contributed by atoms with van der Waals surface area (Å²) >= 11 is 0. The van der Waals surface area contributed by atoms with Gasteiger partial charge in [0, 0.05) is 5.56 Å². The first-order valence-electron chi connectivity index (χ1n) is 6.78. The summed E-state index contributed by atoms with van der Waals surface area (Å²) in [6.07, 6.45) is 0.761. The lowest BCUT2D eigenvalue weighted by Gasteiger charge is -2.17. The standard InChI is InChI=1S/C17H19F2N/c1-14-7-5-6-8-15(14)11-12-20-13-17(18,19)16-9-3-2-4-10-16/h2-10,20H,11-13H2,1H3. The lowest BCUT2D eigenvalue weighted by atomic mass is 10.1. The van der Waals surface area contributed by atoms with Crippen LogP contribution in [0.5, 0.6) is 0 Å². The summed E-state index contributed by atoms with van der Waals surface area (Å²) in [4.78, 5) is 0. The van der Waals surface area contributed by atoms with E-state index >= 15 is 0 Å². The topological polar surface area (TPSA) is 12.0 Å². The summed E-state index contributed by atoms with van der Waals surface area (Å²) in [5.74, 6) is -2.83. The molecule has 0 aromatic heterocycles. The molecule has 0 bridgehead atoms. The van der Waals surface area contributed by atoms with Gasteiger partial charge in [-0.3, -0.25) is 0 Å². The lowest BCUT2D eigenvalue weighted by molar-refractivity contribution is -0.00285. The molecule has 1 N–H and O–H groups in total. The number of hydrogen-bond acceptors (Lipinski definition) is 1. The summed E-state index contributed by atoms with van der Waals surface area (Å²) in [6.45, 7) is 2.25. The molecule has 20 heavy (non-hydrogen) atoms. The molecule has 0 saturated carbocycles. The van der Waals surface area contributed by atoms with Crippen LogP contribution in [-0.2, 0) is 12.3 Å². The largest absolute Gasteiger partial charge is 0.311 e. The SMILES string of the molecule is Cc1ccccc1CCNCC(F)(F)c1ccccc1. The third kappa shape index (κ3) is 3.87. The zero-order valence-corrected chi connectivity index (χ0v) is 11.6. The predicted octanol–water partition coefficient (Wildman–Crippen LogP) is 3.92. The number of rotatable bonds is 6. The Morgan fingerprint density at radius 3 is 2.30 bits per heavy atom. The van der Waals surface area contributed by atoms with E-state index in [-0.39, 0.29) is 12.1 Å². The molecule has 0 unspecified atom stereocenters. The second-order valence-corrected chi connectivity index (χ2v) is 4.92. The molecule has 0 aliphatic heterocycles. The molecule has 2 rings (SSSR count). The summed E-state index contributed by atoms with van der Waals surface area (Å²) in [5.41, 5.74) is 2.45. The Bertz CT molecular complexity index is 538. The van der Waals surface area contributed by atoms with E-state index in [0.29, 0.717) is 6.54 Å². The van der Waals surface area contributed by atoms with Crippen molar-refractivity contribution in [2.24, 2.45) is 0 Å². The molecule has 0 fully saturated rings. The Morgan fingerprint density at radius 2 is 1.60 bits per heavy atom. The van der Waals surface area contributed by atoms with Crippen molar-refractivity contribution in [3.63, 3.8) is 0 Å². The van der Waals surface area contributed by atoms with Gasteiger partial charge in [-0.15, -0.1) is 0 Å². The second kappa shape index (κ2) is 6.62. The van der Waals surface area contributed by atoms with Crippen molar-refractivity contribution in [1.29, 1.82) is 0 Å². The molecular formula is C17H19F2N. The number of benzene rings is 2. The fourth-order valence-electron chi connectivity index (χ4n) is 2.14. The van der Waals surface area contributed by atoms with Crippen molar-refractivity contribution in [1.82, 2.24) is 5.32 Å². The van der Waals surface area contributed by atoms with E-state index in [9.17, 15) is 8.78 Å². The van der Waals surface area contributed by atoms with E-state index in [0.717, 1.165) is 6.42 Å².